The molecule has 126 valence electrons. The Morgan fingerprint density at radius 3 is 2.41 bits per heavy atom. The first-order valence-electron chi connectivity index (χ1n) is 6.68. The van der Waals surface area contributed by atoms with E-state index in [2.05, 4.69) is 10.0 Å². The highest BCUT2D eigenvalue weighted by molar-refractivity contribution is 7.89. The third-order valence-corrected chi connectivity index (χ3v) is 4.85. The fraction of sp³-hybridized carbons (Fsp3) is 0.538. The Kier molecular flexibility index (Phi) is 7.96. The average Bonchev–Trinajstić information content (AvgIpc) is 2.39. The van der Waals surface area contributed by atoms with Crippen LogP contribution < -0.4 is 10.0 Å². The molecule has 1 rings (SSSR count). The normalized spacial score (nSPS) is 12.5. The van der Waals surface area contributed by atoms with Crippen molar-refractivity contribution in [3.8, 4) is 0 Å². The van der Waals surface area contributed by atoms with E-state index in [1.54, 1.807) is 19.9 Å². The number of hydrogen-bond donors (Lipinski definition) is 2. The van der Waals surface area contributed by atoms with Crippen molar-refractivity contribution in [2.75, 3.05) is 13.1 Å². The molecule has 0 spiro atoms. The van der Waals surface area contributed by atoms with Crippen molar-refractivity contribution in [1.29, 1.82) is 0 Å². The van der Waals surface area contributed by atoms with Crippen LogP contribution in [0.1, 0.15) is 25.0 Å². The molecular formula is C13H22ClN3O4S. The lowest BCUT2D eigenvalue weighted by molar-refractivity contribution is -0.387. The summed E-state index contributed by atoms with van der Waals surface area (Å²) in [5, 5.41) is 14.1. The third kappa shape index (κ3) is 4.91. The van der Waals surface area contributed by atoms with E-state index in [4.69, 9.17) is 0 Å². The van der Waals surface area contributed by atoms with E-state index in [0.717, 1.165) is 0 Å². The highest BCUT2D eigenvalue weighted by atomic mass is 35.5. The van der Waals surface area contributed by atoms with Gasteiger partial charge in [-0.1, -0.05) is 13.0 Å². The van der Waals surface area contributed by atoms with Crippen LogP contribution in [0.5, 0.6) is 0 Å². The number of aryl methyl sites for hydroxylation is 1. The molecule has 1 aromatic carbocycles. The lowest BCUT2D eigenvalue weighted by Gasteiger charge is -2.15. The van der Waals surface area contributed by atoms with Crippen LogP contribution in [0, 0.1) is 24.0 Å². The first-order valence-corrected chi connectivity index (χ1v) is 8.16. The van der Waals surface area contributed by atoms with Gasteiger partial charge in [0.25, 0.3) is 5.69 Å². The Bertz CT molecular complexity index is 634. The van der Waals surface area contributed by atoms with E-state index in [9.17, 15) is 18.5 Å². The first kappa shape index (κ1) is 20.8. The molecule has 0 radical (unpaired) electrons. The number of nitro groups is 1. The van der Waals surface area contributed by atoms with Crippen molar-refractivity contribution in [2.45, 2.75) is 38.6 Å². The van der Waals surface area contributed by atoms with Gasteiger partial charge in [-0.25, -0.2) is 13.1 Å². The van der Waals surface area contributed by atoms with Crippen molar-refractivity contribution in [2.24, 2.45) is 0 Å². The van der Waals surface area contributed by atoms with Gasteiger partial charge in [-0.2, -0.15) is 0 Å². The third-order valence-electron chi connectivity index (χ3n) is 3.25. The van der Waals surface area contributed by atoms with Crippen LogP contribution in [0.3, 0.4) is 0 Å². The Hall–Kier alpha value is -1.22. The average molecular weight is 352 g/mol. The molecule has 0 unspecified atom stereocenters. The maximum Gasteiger partial charge on any atom is 0.289 e. The van der Waals surface area contributed by atoms with Gasteiger partial charge in [0, 0.05) is 18.7 Å². The molecule has 0 aliphatic carbocycles. The number of halogens is 1. The zero-order valence-corrected chi connectivity index (χ0v) is 14.7. The Labute approximate surface area is 137 Å². The van der Waals surface area contributed by atoms with Gasteiger partial charge in [-0.3, -0.25) is 10.1 Å². The zero-order valence-electron chi connectivity index (χ0n) is 13.0. The molecule has 0 bridgehead atoms. The van der Waals surface area contributed by atoms with Crippen LogP contribution in [0.4, 0.5) is 5.69 Å². The number of hydrogen-bond acceptors (Lipinski definition) is 5. The van der Waals surface area contributed by atoms with Crippen LogP contribution in [-0.4, -0.2) is 32.5 Å². The summed E-state index contributed by atoms with van der Waals surface area (Å²) in [5.41, 5.74) is 0.690. The molecule has 0 fully saturated rings. The fourth-order valence-corrected chi connectivity index (χ4v) is 3.58. The van der Waals surface area contributed by atoms with Crippen LogP contribution in [0.15, 0.2) is 17.0 Å². The van der Waals surface area contributed by atoms with E-state index in [1.807, 2.05) is 13.8 Å². The summed E-state index contributed by atoms with van der Waals surface area (Å²) in [6.45, 7) is 7.93. The van der Waals surface area contributed by atoms with Crippen molar-refractivity contribution >= 4 is 28.1 Å². The van der Waals surface area contributed by atoms with Gasteiger partial charge < -0.3 is 5.32 Å². The van der Waals surface area contributed by atoms with Gasteiger partial charge in [0.15, 0.2) is 4.90 Å². The molecule has 0 saturated carbocycles. The zero-order chi connectivity index (χ0) is 16.2. The van der Waals surface area contributed by atoms with E-state index < -0.39 is 20.6 Å². The SMILES string of the molecule is CCN[C@H](C)CNS(=O)(=O)c1c([N+](=O)[O-])ccc(C)c1C.Cl. The van der Waals surface area contributed by atoms with E-state index in [-0.39, 0.29) is 29.9 Å². The van der Waals surface area contributed by atoms with Gasteiger partial charge in [-0.05, 0) is 38.4 Å². The number of nitrogens with zero attached hydrogens (tertiary/aromatic N) is 1. The van der Waals surface area contributed by atoms with Crippen molar-refractivity contribution in [3.63, 3.8) is 0 Å². The smallest absolute Gasteiger partial charge is 0.289 e. The second-order valence-electron chi connectivity index (χ2n) is 4.92. The maximum atomic E-state index is 12.4. The van der Waals surface area contributed by atoms with Gasteiger partial charge in [0.05, 0.1) is 4.92 Å². The van der Waals surface area contributed by atoms with Gasteiger partial charge >= 0.3 is 0 Å². The highest BCUT2D eigenvalue weighted by Gasteiger charge is 2.28. The standard InChI is InChI=1S/C13H21N3O4S.ClH/c1-5-14-10(3)8-15-21(19,20)13-11(4)9(2)6-7-12(13)16(17)18;/h6-7,10,14-15H,5,8H2,1-4H3;1H/t10-;/m1./s1. The lowest BCUT2D eigenvalue weighted by atomic mass is 10.1. The summed E-state index contributed by atoms with van der Waals surface area (Å²) in [7, 11) is -3.93. The molecule has 1 atom stereocenters. The number of sulfonamides is 1. The van der Waals surface area contributed by atoms with E-state index >= 15 is 0 Å². The summed E-state index contributed by atoms with van der Waals surface area (Å²) >= 11 is 0. The monoisotopic (exact) mass is 351 g/mol. The van der Waals surface area contributed by atoms with Gasteiger partial charge in [0.2, 0.25) is 10.0 Å². The second-order valence-corrected chi connectivity index (χ2v) is 6.63. The van der Waals surface area contributed by atoms with Crippen molar-refractivity contribution in [3.05, 3.63) is 33.4 Å². The van der Waals surface area contributed by atoms with Gasteiger partial charge in [-0.15, -0.1) is 12.4 Å². The number of nitro benzene ring substituents is 1. The molecule has 0 aromatic heterocycles. The highest BCUT2D eigenvalue weighted by Crippen LogP contribution is 2.29. The molecule has 22 heavy (non-hydrogen) atoms. The molecule has 7 nitrogen and oxygen atoms in total. The molecule has 9 heteroatoms. The Balaban J connectivity index is 0.00000441. The largest absolute Gasteiger partial charge is 0.313 e. The van der Waals surface area contributed by atoms with Crippen molar-refractivity contribution < 1.29 is 13.3 Å². The summed E-state index contributed by atoms with van der Waals surface area (Å²) < 4.78 is 27.2. The number of benzene rings is 1. The molecule has 0 amide bonds. The quantitative estimate of drug-likeness (QED) is 0.577. The predicted octanol–water partition coefficient (Wildman–Crippen LogP) is 1.91. The van der Waals surface area contributed by atoms with Gasteiger partial charge in [0.1, 0.15) is 0 Å². The minimum atomic E-state index is -3.93. The molecule has 0 aliphatic heterocycles. The number of likely N-dealkylation sites (N-methyl/N-ethyl adjacent to an activating group) is 1. The van der Waals surface area contributed by atoms with E-state index in [0.29, 0.717) is 17.7 Å². The number of rotatable bonds is 7. The maximum absolute atomic E-state index is 12.4. The summed E-state index contributed by atoms with van der Waals surface area (Å²) in [6.07, 6.45) is 0. The van der Waals surface area contributed by atoms with Crippen LogP contribution in [0.25, 0.3) is 0 Å². The van der Waals surface area contributed by atoms with Crippen LogP contribution in [0.2, 0.25) is 0 Å². The molecule has 0 aliphatic rings. The van der Waals surface area contributed by atoms with Crippen LogP contribution >= 0.6 is 12.4 Å². The summed E-state index contributed by atoms with van der Waals surface area (Å²) in [6, 6.07) is 2.71. The Morgan fingerprint density at radius 2 is 1.91 bits per heavy atom. The summed E-state index contributed by atoms with van der Waals surface area (Å²) in [5.74, 6) is 0. The van der Waals surface area contributed by atoms with Crippen molar-refractivity contribution in [1.82, 2.24) is 10.0 Å². The molecule has 0 saturated heterocycles. The number of nitrogens with one attached hydrogen (secondary N) is 2. The minimum Gasteiger partial charge on any atom is -0.313 e. The minimum absolute atomic E-state index is 0. The Morgan fingerprint density at radius 1 is 1.32 bits per heavy atom. The predicted molar refractivity (Wildman–Crippen MR) is 88.1 cm³/mol. The molecule has 1 aromatic rings. The summed E-state index contributed by atoms with van der Waals surface area (Å²) in [4.78, 5) is 10.1. The molecule has 2 N–H and O–H groups in total. The fourth-order valence-electron chi connectivity index (χ4n) is 1.99. The van der Waals surface area contributed by atoms with Crippen LogP contribution in [-0.2, 0) is 10.0 Å². The molecular weight excluding hydrogens is 330 g/mol. The lowest BCUT2D eigenvalue weighted by Crippen LogP contribution is -2.39. The molecule has 0 heterocycles. The topological polar surface area (TPSA) is 101 Å². The van der Waals surface area contributed by atoms with E-state index in [1.165, 1.54) is 6.07 Å². The second kappa shape index (κ2) is 8.42. The first-order chi connectivity index (χ1) is 9.70.